The van der Waals surface area contributed by atoms with Crippen LogP contribution in [0.1, 0.15) is 5.56 Å². The van der Waals surface area contributed by atoms with Crippen LogP contribution in [0.4, 0.5) is 0 Å². The van der Waals surface area contributed by atoms with E-state index in [2.05, 4.69) is 4.98 Å². The van der Waals surface area contributed by atoms with Gasteiger partial charge in [-0.2, -0.15) is 0 Å². The summed E-state index contributed by atoms with van der Waals surface area (Å²) in [5, 5.41) is 0.774. The monoisotopic (exact) mass is 423 g/mol. The zero-order valence-corrected chi connectivity index (χ0v) is 17.4. The highest BCUT2D eigenvalue weighted by molar-refractivity contribution is 7.69. The van der Waals surface area contributed by atoms with Crippen molar-refractivity contribution in [2.75, 3.05) is 7.05 Å². The maximum absolute atomic E-state index is 12.5. The van der Waals surface area contributed by atoms with Crippen molar-refractivity contribution in [2.45, 2.75) is 6.54 Å². The summed E-state index contributed by atoms with van der Waals surface area (Å²) in [4.78, 5) is 15.5. The molecule has 4 rings (SSSR count). The number of pyridine rings is 1. The number of rotatable bonds is 6. The Morgan fingerprint density at radius 1 is 1.07 bits per heavy atom. The molecule has 2 heterocycles. The van der Waals surface area contributed by atoms with Crippen molar-refractivity contribution in [1.29, 1.82) is 0 Å². The molecule has 0 saturated heterocycles. The quantitative estimate of drug-likeness (QED) is 0.466. The molecule has 0 aliphatic heterocycles. The van der Waals surface area contributed by atoms with E-state index in [1.165, 1.54) is 15.9 Å². The van der Waals surface area contributed by atoms with E-state index in [0.717, 1.165) is 22.1 Å². The topological polar surface area (TPSA) is 84.4 Å². The Morgan fingerprint density at radius 3 is 2.57 bits per heavy atom. The Hall–Kier alpha value is -3.36. The van der Waals surface area contributed by atoms with Gasteiger partial charge in [0.25, 0.3) is 5.56 Å². The van der Waals surface area contributed by atoms with E-state index in [9.17, 15) is 13.2 Å². The van der Waals surface area contributed by atoms with E-state index in [4.69, 9.17) is 4.74 Å². The first-order valence-electron chi connectivity index (χ1n) is 9.32. The predicted molar refractivity (Wildman–Crippen MR) is 117 cm³/mol. The molecule has 0 aliphatic rings. The van der Waals surface area contributed by atoms with Gasteiger partial charge in [0.15, 0.2) is 0 Å². The van der Waals surface area contributed by atoms with Crippen LogP contribution in [0.15, 0.2) is 71.8 Å². The molecule has 8 heteroatoms. The molecule has 1 N–H and O–H groups in total. The number of nitrogens with one attached hydrogen (secondary N) is 1. The van der Waals surface area contributed by atoms with Crippen LogP contribution in [-0.4, -0.2) is 29.3 Å². The molecule has 4 aromatic rings. The van der Waals surface area contributed by atoms with Crippen LogP contribution in [0.3, 0.4) is 0 Å². The zero-order chi connectivity index (χ0) is 21.3. The zero-order valence-electron chi connectivity index (χ0n) is 16.5. The van der Waals surface area contributed by atoms with Gasteiger partial charge in [-0.15, -0.1) is 0 Å². The molecular formula is C22H21N3O4S. The number of H-pyrrole nitrogens is 1. The molecule has 0 bridgehead atoms. The predicted octanol–water partition coefficient (Wildman–Crippen LogP) is 3.28. The molecule has 0 radical (unpaired) electrons. The van der Waals surface area contributed by atoms with Gasteiger partial charge in [-0.25, -0.2) is 12.7 Å². The lowest BCUT2D eigenvalue weighted by molar-refractivity contribution is 0.479. The third-order valence-corrected chi connectivity index (χ3v) is 5.59. The second-order valence-corrected chi connectivity index (χ2v) is 8.18. The third-order valence-electron chi connectivity index (χ3n) is 4.89. The van der Waals surface area contributed by atoms with Crippen molar-refractivity contribution in [2.24, 2.45) is 7.05 Å². The minimum Gasteiger partial charge on any atom is -0.457 e. The van der Waals surface area contributed by atoms with E-state index in [-0.39, 0.29) is 12.1 Å². The summed E-state index contributed by atoms with van der Waals surface area (Å²) in [5.41, 5.74) is 2.78. The highest BCUT2D eigenvalue weighted by atomic mass is 32.2. The van der Waals surface area contributed by atoms with Gasteiger partial charge in [-0.1, -0.05) is 24.3 Å². The van der Waals surface area contributed by atoms with Crippen molar-refractivity contribution in [3.63, 3.8) is 0 Å². The number of nitrogens with zero attached hydrogens (tertiary/aromatic N) is 2. The van der Waals surface area contributed by atoms with E-state index in [1.807, 2.05) is 54.6 Å². The van der Waals surface area contributed by atoms with Crippen molar-refractivity contribution < 1.29 is 13.2 Å². The van der Waals surface area contributed by atoms with Gasteiger partial charge < -0.3 is 14.3 Å². The summed E-state index contributed by atoms with van der Waals surface area (Å²) in [7, 11) is 0.547. The Kier molecular flexibility index (Phi) is 5.43. The lowest BCUT2D eigenvalue weighted by Crippen LogP contribution is -2.17. The van der Waals surface area contributed by atoms with Crippen molar-refractivity contribution in [3.05, 3.63) is 82.9 Å². The molecule has 2 aromatic heterocycles. The van der Waals surface area contributed by atoms with Crippen molar-refractivity contribution in [1.82, 2.24) is 13.9 Å². The van der Waals surface area contributed by atoms with Crippen LogP contribution in [0.25, 0.3) is 22.0 Å². The van der Waals surface area contributed by atoms with Gasteiger partial charge >= 0.3 is 0 Å². The first kappa shape index (κ1) is 19.9. The molecule has 0 atom stereocenters. The molecule has 30 heavy (non-hydrogen) atoms. The number of aryl methyl sites for hydroxylation is 1. The number of hydrogen-bond donors (Lipinski definition) is 2. The molecular weight excluding hydrogens is 402 g/mol. The normalized spacial score (nSPS) is 11.5. The Balaban J connectivity index is 1.90. The first-order valence-corrected chi connectivity index (χ1v) is 10.5. The van der Waals surface area contributed by atoms with Gasteiger partial charge in [-0.3, -0.25) is 4.79 Å². The van der Waals surface area contributed by atoms with Crippen LogP contribution in [-0.2, 0) is 24.5 Å². The molecule has 0 fully saturated rings. The van der Waals surface area contributed by atoms with E-state index >= 15 is 0 Å². The van der Waals surface area contributed by atoms with Gasteiger partial charge in [0, 0.05) is 49.5 Å². The molecule has 2 aromatic carbocycles. The highest BCUT2D eigenvalue weighted by Gasteiger charge is 2.16. The van der Waals surface area contributed by atoms with Gasteiger partial charge in [0.2, 0.25) is 10.9 Å². The molecule has 0 amide bonds. The molecule has 0 saturated carbocycles. The molecule has 154 valence electrons. The lowest BCUT2D eigenvalue weighted by Gasteiger charge is -2.16. The van der Waals surface area contributed by atoms with Crippen LogP contribution >= 0.6 is 0 Å². The number of ether oxygens (including phenoxy) is 1. The Labute approximate surface area is 175 Å². The van der Waals surface area contributed by atoms with E-state index in [1.54, 1.807) is 19.4 Å². The molecule has 7 nitrogen and oxygen atoms in total. The molecule has 0 spiro atoms. The van der Waals surface area contributed by atoms with E-state index in [0.29, 0.717) is 17.0 Å². The lowest BCUT2D eigenvalue weighted by atomic mass is 10.00. The third kappa shape index (κ3) is 3.87. The Morgan fingerprint density at radius 2 is 1.83 bits per heavy atom. The smallest absolute Gasteiger partial charge is 0.274 e. The summed E-state index contributed by atoms with van der Waals surface area (Å²) >= 11 is 0. The largest absolute Gasteiger partial charge is 0.457 e. The molecule has 0 aliphatic carbocycles. The van der Waals surface area contributed by atoms with Crippen LogP contribution in [0, 0.1) is 0 Å². The van der Waals surface area contributed by atoms with Crippen LogP contribution in [0.2, 0.25) is 0 Å². The van der Waals surface area contributed by atoms with Crippen LogP contribution < -0.4 is 10.3 Å². The molecule has 0 unspecified atom stereocenters. The second-order valence-electron chi connectivity index (χ2n) is 7.02. The van der Waals surface area contributed by atoms with Gasteiger partial charge in [0.1, 0.15) is 17.0 Å². The van der Waals surface area contributed by atoms with Crippen molar-refractivity contribution >= 4 is 21.8 Å². The van der Waals surface area contributed by atoms with Crippen LogP contribution in [0.5, 0.6) is 11.5 Å². The number of fused-ring (bicyclic) bond motifs is 1. The number of hydrogen-bond acceptors (Lipinski definition) is 4. The minimum absolute atomic E-state index is 0.122. The summed E-state index contributed by atoms with van der Waals surface area (Å²) < 4.78 is 31.5. The maximum Gasteiger partial charge on any atom is 0.274 e. The maximum atomic E-state index is 12.5. The highest BCUT2D eigenvalue weighted by Crippen LogP contribution is 2.37. The first-order chi connectivity index (χ1) is 14.4. The number of aromatic nitrogens is 2. The number of aromatic amines is 1. The average molecular weight is 423 g/mol. The fourth-order valence-electron chi connectivity index (χ4n) is 3.40. The SMILES string of the molecule is CN(Cc1ccc(Oc2ccccc2)c(-c2cn(C)c(=O)c3[nH]ccc23)c1)[SH](=O)=O. The summed E-state index contributed by atoms with van der Waals surface area (Å²) in [5.74, 6) is 1.29. The summed E-state index contributed by atoms with van der Waals surface area (Å²) in [6, 6.07) is 16.8. The summed E-state index contributed by atoms with van der Waals surface area (Å²) in [6.07, 6.45) is 3.50. The number of benzene rings is 2. The van der Waals surface area contributed by atoms with Crippen molar-refractivity contribution in [3.8, 4) is 22.6 Å². The van der Waals surface area contributed by atoms with E-state index < -0.39 is 10.9 Å². The number of thiol groups is 1. The average Bonchev–Trinajstić information content (AvgIpc) is 3.23. The fraction of sp³-hybridized carbons (Fsp3) is 0.136. The van der Waals surface area contributed by atoms with Gasteiger partial charge in [0.05, 0.1) is 0 Å². The van der Waals surface area contributed by atoms with Gasteiger partial charge in [-0.05, 0) is 35.9 Å². The standard InChI is InChI=1S/C22H21N3O4S/c1-24-14-19(17-10-11-23-21(17)22(24)26)18-12-15(13-25(2)30(27)28)8-9-20(18)29-16-6-4-3-5-7-16/h3-12,14,23,30H,13H2,1-2H3. The summed E-state index contributed by atoms with van der Waals surface area (Å²) in [6.45, 7) is 0.235. The Bertz CT molecular complexity index is 1330. The second kappa shape index (κ2) is 8.17. The minimum atomic E-state index is -2.68. The number of para-hydroxylation sites is 1. The fourth-order valence-corrected chi connectivity index (χ4v) is 3.67.